The second kappa shape index (κ2) is 11.3. The fourth-order valence-corrected chi connectivity index (χ4v) is 1.21. The molecule has 0 aliphatic rings. The SMILES string of the molecule is CNCCNC(=O)CCCC(=O)NCCOC. The Kier molecular flexibility index (Phi) is 10.6. The molecule has 0 rings (SSSR count). The van der Waals surface area contributed by atoms with Crippen LogP contribution in [0.15, 0.2) is 0 Å². The molecule has 2 amide bonds. The highest BCUT2D eigenvalue weighted by atomic mass is 16.5. The molecular weight excluding hydrogens is 222 g/mol. The predicted octanol–water partition coefficient (Wildman–Crippen LogP) is -0.745. The molecule has 0 radical (unpaired) electrons. The van der Waals surface area contributed by atoms with Gasteiger partial charge in [0.1, 0.15) is 0 Å². The van der Waals surface area contributed by atoms with E-state index in [1.807, 2.05) is 7.05 Å². The summed E-state index contributed by atoms with van der Waals surface area (Å²) in [5.41, 5.74) is 0. The number of likely N-dealkylation sites (N-methyl/N-ethyl adjacent to an activating group) is 1. The number of methoxy groups -OCH3 is 1. The van der Waals surface area contributed by atoms with Gasteiger partial charge in [0, 0.05) is 39.6 Å². The van der Waals surface area contributed by atoms with Gasteiger partial charge in [0.2, 0.25) is 11.8 Å². The van der Waals surface area contributed by atoms with Crippen molar-refractivity contribution in [2.45, 2.75) is 19.3 Å². The molecule has 0 heterocycles. The third kappa shape index (κ3) is 11.1. The zero-order valence-electron chi connectivity index (χ0n) is 10.7. The van der Waals surface area contributed by atoms with Crippen molar-refractivity contribution in [1.82, 2.24) is 16.0 Å². The molecule has 0 fully saturated rings. The number of nitrogens with one attached hydrogen (secondary N) is 3. The van der Waals surface area contributed by atoms with E-state index in [2.05, 4.69) is 16.0 Å². The van der Waals surface area contributed by atoms with Crippen molar-refractivity contribution in [3.8, 4) is 0 Å². The van der Waals surface area contributed by atoms with E-state index in [-0.39, 0.29) is 11.8 Å². The van der Waals surface area contributed by atoms with Gasteiger partial charge in [0.15, 0.2) is 0 Å². The number of carbonyl (C=O) groups is 2. The largest absolute Gasteiger partial charge is 0.383 e. The van der Waals surface area contributed by atoms with E-state index in [1.165, 1.54) is 0 Å². The highest BCUT2D eigenvalue weighted by Gasteiger charge is 2.04. The first-order valence-electron chi connectivity index (χ1n) is 5.87. The molecule has 0 unspecified atom stereocenters. The molecule has 0 saturated heterocycles. The third-order valence-corrected chi connectivity index (χ3v) is 2.13. The maximum absolute atomic E-state index is 11.3. The van der Waals surface area contributed by atoms with Crippen LogP contribution in [0.4, 0.5) is 0 Å². The molecule has 6 heteroatoms. The quantitative estimate of drug-likeness (QED) is 0.443. The third-order valence-electron chi connectivity index (χ3n) is 2.13. The van der Waals surface area contributed by atoms with Crippen molar-refractivity contribution in [3.05, 3.63) is 0 Å². The Morgan fingerprint density at radius 3 is 2.12 bits per heavy atom. The summed E-state index contributed by atoms with van der Waals surface area (Å²) in [6, 6.07) is 0. The summed E-state index contributed by atoms with van der Waals surface area (Å²) in [6.07, 6.45) is 1.34. The van der Waals surface area contributed by atoms with E-state index in [0.717, 1.165) is 6.54 Å². The molecule has 0 bridgehead atoms. The standard InChI is InChI=1S/C11H23N3O3/c1-12-6-7-13-10(15)4-3-5-11(16)14-8-9-17-2/h12H,3-9H2,1-2H3,(H,13,15)(H,14,16). The van der Waals surface area contributed by atoms with Crippen LogP contribution >= 0.6 is 0 Å². The van der Waals surface area contributed by atoms with Crippen LogP contribution < -0.4 is 16.0 Å². The van der Waals surface area contributed by atoms with Gasteiger partial charge in [0.25, 0.3) is 0 Å². The summed E-state index contributed by atoms with van der Waals surface area (Å²) in [6.45, 7) is 2.40. The molecule has 0 atom stereocenters. The van der Waals surface area contributed by atoms with E-state index < -0.39 is 0 Å². The average Bonchev–Trinajstić information content (AvgIpc) is 2.30. The van der Waals surface area contributed by atoms with E-state index >= 15 is 0 Å². The van der Waals surface area contributed by atoms with Crippen molar-refractivity contribution in [3.63, 3.8) is 0 Å². The number of hydrogen-bond donors (Lipinski definition) is 3. The van der Waals surface area contributed by atoms with Gasteiger partial charge in [-0.3, -0.25) is 9.59 Å². The van der Waals surface area contributed by atoms with Crippen LogP contribution in [0.25, 0.3) is 0 Å². The van der Waals surface area contributed by atoms with E-state index in [9.17, 15) is 9.59 Å². The van der Waals surface area contributed by atoms with E-state index in [4.69, 9.17) is 4.74 Å². The zero-order chi connectivity index (χ0) is 12.9. The van der Waals surface area contributed by atoms with Crippen LogP contribution in [0.3, 0.4) is 0 Å². The first-order chi connectivity index (χ1) is 8.20. The molecular formula is C11H23N3O3. The minimum Gasteiger partial charge on any atom is -0.383 e. The lowest BCUT2D eigenvalue weighted by Gasteiger charge is -2.05. The molecule has 3 N–H and O–H groups in total. The number of hydrogen-bond acceptors (Lipinski definition) is 4. The van der Waals surface area contributed by atoms with Gasteiger partial charge in [-0.2, -0.15) is 0 Å². The normalized spacial score (nSPS) is 10.0. The van der Waals surface area contributed by atoms with Crippen LogP contribution in [0, 0.1) is 0 Å². The molecule has 0 aliphatic carbocycles. The molecule has 0 aliphatic heterocycles. The van der Waals surface area contributed by atoms with Crippen molar-refractivity contribution in [2.75, 3.05) is 40.4 Å². The number of ether oxygens (including phenoxy) is 1. The lowest BCUT2D eigenvalue weighted by atomic mass is 10.2. The Bertz CT molecular complexity index is 200. The highest BCUT2D eigenvalue weighted by Crippen LogP contribution is 1.94. The van der Waals surface area contributed by atoms with Crippen LogP contribution in [-0.4, -0.2) is 52.2 Å². The van der Waals surface area contributed by atoms with Gasteiger partial charge >= 0.3 is 0 Å². The Morgan fingerprint density at radius 2 is 1.59 bits per heavy atom. The first-order valence-corrected chi connectivity index (χ1v) is 5.87. The van der Waals surface area contributed by atoms with Crippen LogP contribution in [0.1, 0.15) is 19.3 Å². The molecule has 0 aromatic rings. The summed E-state index contributed by atoms with van der Waals surface area (Å²) < 4.78 is 4.81. The van der Waals surface area contributed by atoms with Crippen LogP contribution in [-0.2, 0) is 14.3 Å². The second-order valence-electron chi connectivity index (χ2n) is 3.65. The zero-order valence-corrected chi connectivity index (χ0v) is 10.7. The maximum Gasteiger partial charge on any atom is 0.220 e. The Labute approximate surface area is 102 Å². The number of amides is 2. The second-order valence-corrected chi connectivity index (χ2v) is 3.65. The summed E-state index contributed by atoms with van der Waals surface area (Å²) in [7, 11) is 3.41. The first kappa shape index (κ1) is 15.9. The minimum atomic E-state index is -0.0370. The molecule has 0 saturated carbocycles. The van der Waals surface area contributed by atoms with Gasteiger partial charge in [0.05, 0.1) is 6.61 Å². The van der Waals surface area contributed by atoms with Crippen LogP contribution in [0.5, 0.6) is 0 Å². The number of rotatable bonds is 10. The molecule has 0 spiro atoms. The van der Waals surface area contributed by atoms with E-state index in [0.29, 0.717) is 39.0 Å². The predicted molar refractivity (Wildman–Crippen MR) is 65.7 cm³/mol. The van der Waals surface area contributed by atoms with Crippen molar-refractivity contribution < 1.29 is 14.3 Å². The van der Waals surface area contributed by atoms with Gasteiger partial charge in [-0.05, 0) is 13.5 Å². The summed E-state index contributed by atoms with van der Waals surface area (Å²) >= 11 is 0. The molecule has 17 heavy (non-hydrogen) atoms. The minimum absolute atomic E-state index is 0.00931. The maximum atomic E-state index is 11.3. The van der Waals surface area contributed by atoms with Gasteiger partial charge in [-0.15, -0.1) is 0 Å². The topological polar surface area (TPSA) is 79.5 Å². The van der Waals surface area contributed by atoms with Gasteiger partial charge < -0.3 is 20.7 Å². The monoisotopic (exact) mass is 245 g/mol. The Morgan fingerprint density at radius 1 is 1.00 bits per heavy atom. The number of carbonyl (C=O) groups excluding carboxylic acids is 2. The average molecular weight is 245 g/mol. The lowest BCUT2D eigenvalue weighted by molar-refractivity contribution is -0.122. The smallest absolute Gasteiger partial charge is 0.220 e. The summed E-state index contributed by atoms with van der Waals surface area (Å²) in [4.78, 5) is 22.5. The Hall–Kier alpha value is -1.14. The molecule has 0 aromatic heterocycles. The molecule has 0 aromatic carbocycles. The van der Waals surface area contributed by atoms with Crippen molar-refractivity contribution >= 4 is 11.8 Å². The highest BCUT2D eigenvalue weighted by molar-refractivity contribution is 5.78. The Balaban J connectivity index is 3.36. The fourth-order valence-electron chi connectivity index (χ4n) is 1.21. The fraction of sp³-hybridized carbons (Fsp3) is 0.818. The van der Waals surface area contributed by atoms with Crippen LogP contribution in [0.2, 0.25) is 0 Å². The van der Waals surface area contributed by atoms with E-state index in [1.54, 1.807) is 7.11 Å². The molecule has 6 nitrogen and oxygen atoms in total. The summed E-state index contributed by atoms with van der Waals surface area (Å²) in [5, 5.41) is 8.40. The van der Waals surface area contributed by atoms with Crippen molar-refractivity contribution in [2.24, 2.45) is 0 Å². The lowest BCUT2D eigenvalue weighted by Crippen LogP contribution is -2.31. The van der Waals surface area contributed by atoms with Gasteiger partial charge in [-0.25, -0.2) is 0 Å². The van der Waals surface area contributed by atoms with Gasteiger partial charge in [-0.1, -0.05) is 0 Å². The summed E-state index contributed by atoms with van der Waals surface area (Å²) in [5.74, 6) is -0.0463. The molecule has 100 valence electrons. The van der Waals surface area contributed by atoms with Crippen molar-refractivity contribution in [1.29, 1.82) is 0 Å².